The van der Waals surface area contributed by atoms with Crippen molar-refractivity contribution in [2.45, 2.75) is 18.4 Å². The molecule has 1 aliphatic rings. The van der Waals surface area contributed by atoms with Crippen LogP contribution >= 0.6 is 11.3 Å². The van der Waals surface area contributed by atoms with Gasteiger partial charge in [0.1, 0.15) is 12.2 Å². The number of aliphatic hydroxyl groups excluding tert-OH is 2. The van der Waals surface area contributed by atoms with Crippen molar-refractivity contribution >= 4 is 23.2 Å². The van der Waals surface area contributed by atoms with Crippen LogP contribution in [-0.2, 0) is 9.53 Å². The summed E-state index contributed by atoms with van der Waals surface area (Å²) in [4.78, 5) is 22.9. The maximum absolute atomic E-state index is 11.8. The maximum Gasteiger partial charge on any atom is 0.371 e. The predicted octanol–water partition coefficient (Wildman–Crippen LogP) is -0.476. The highest BCUT2D eigenvalue weighted by atomic mass is 32.1. The van der Waals surface area contributed by atoms with Gasteiger partial charge in [0.15, 0.2) is 0 Å². The van der Waals surface area contributed by atoms with Gasteiger partial charge in [-0.1, -0.05) is 6.07 Å². The highest BCUT2D eigenvalue weighted by Gasteiger charge is 2.35. The largest absolute Gasteiger partial charge is 0.475 e. The van der Waals surface area contributed by atoms with Crippen LogP contribution in [0, 0.1) is 0 Å². The van der Waals surface area contributed by atoms with E-state index in [0.29, 0.717) is 4.88 Å². The predicted molar refractivity (Wildman–Crippen MR) is 64.4 cm³/mol. The van der Waals surface area contributed by atoms with Gasteiger partial charge in [0.25, 0.3) is 5.91 Å². The van der Waals surface area contributed by atoms with E-state index in [4.69, 9.17) is 9.84 Å². The molecule has 2 rings (SSSR count). The second kappa shape index (κ2) is 5.39. The Kier molecular flexibility index (Phi) is 3.84. The molecule has 102 valence electrons. The summed E-state index contributed by atoms with van der Waals surface area (Å²) < 4.78 is 4.92. The molecule has 0 aliphatic carbocycles. The average molecular weight is 285 g/mol. The topological polar surface area (TPSA) is 116 Å². The van der Waals surface area contributed by atoms with Gasteiger partial charge in [-0.15, -0.1) is 11.3 Å². The van der Waals surface area contributed by atoms with Gasteiger partial charge in [-0.2, -0.15) is 0 Å². The number of carbonyl (C=O) groups excluding carboxylic acids is 1. The van der Waals surface area contributed by atoms with Crippen molar-refractivity contribution in [3.8, 4) is 0 Å². The molecule has 0 radical (unpaired) electrons. The minimum Gasteiger partial charge on any atom is -0.475 e. The fraction of sp³-hybridized carbons (Fsp3) is 0.273. The maximum atomic E-state index is 11.8. The molecule has 1 aromatic rings. The second-order valence-corrected chi connectivity index (χ2v) is 4.75. The van der Waals surface area contributed by atoms with Crippen molar-refractivity contribution in [3.63, 3.8) is 0 Å². The van der Waals surface area contributed by atoms with Gasteiger partial charge in [0, 0.05) is 0 Å². The molecule has 2 heterocycles. The fourth-order valence-electron chi connectivity index (χ4n) is 1.52. The molecule has 3 atom stereocenters. The average Bonchev–Trinajstić information content (AvgIpc) is 2.88. The highest BCUT2D eigenvalue weighted by Crippen LogP contribution is 2.18. The first-order valence-electron chi connectivity index (χ1n) is 5.31. The molecular formula is C11H11NO6S. The first-order valence-corrected chi connectivity index (χ1v) is 6.19. The van der Waals surface area contributed by atoms with Gasteiger partial charge >= 0.3 is 5.97 Å². The van der Waals surface area contributed by atoms with Crippen molar-refractivity contribution in [1.29, 1.82) is 0 Å². The number of carboxylic acid groups (broad SMARTS) is 1. The lowest BCUT2D eigenvalue weighted by molar-refractivity contribution is -0.144. The lowest BCUT2D eigenvalue weighted by Gasteiger charge is -2.30. The van der Waals surface area contributed by atoms with Gasteiger partial charge in [0.05, 0.1) is 4.88 Å². The van der Waals surface area contributed by atoms with E-state index < -0.39 is 36.1 Å². The molecule has 1 amide bonds. The van der Waals surface area contributed by atoms with Crippen molar-refractivity contribution in [2.75, 3.05) is 0 Å². The molecule has 0 unspecified atom stereocenters. The smallest absolute Gasteiger partial charge is 0.371 e. The summed E-state index contributed by atoms with van der Waals surface area (Å²) in [5.74, 6) is -2.42. The molecule has 19 heavy (non-hydrogen) atoms. The summed E-state index contributed by atoms with van der Waals surface area (Å²) in [6.07, 6.45) is -3.30. The molecule has 7 nitrogen and oxygen atoms in total. The molecule has 0 saturated heterocycles. The standard InChI is InChI=1S/C11H11NO6S/c13-5-4-6(11(16)17)18-10(8(5)14)12-9(15)7-2-1-3-19-7/h1-5,8,10,13-14H,(H,12,15)(H,16,17)/t5-,8+,10-/m0/s1. The number of carboxylic acids is 1. The van der Waals surface area contributed by atoms with Crippen LogP contribution in [0.4, 0.5) is 0 Å². The minimum absolute atomic E-state index is 0.386. The lowest BCUT2D eigenvalue weighted by Crippen LogP contribution is -2.52. The third kappa shape index (κ3) is 2.92. The molecule has 0 aromatic carbocycles. The van der Waals surface area contributed by atoms with E-state index in [1.54, 1.807) is 17.5 Å². The summed E-state index contributed by atoms with van der Waals surface area (Å²) in [6.45, 7) is 0. The Bertz CT molecular complexity index is 511. The Morgan fingerprint density at radius 1 is 1.37 bits per heavy atom. The zero-order valence-electron chi connectivity index (χ0n) is 9.52. The Morgan fingerprint density at radius 2 is 2.11 bits per heavy atom. The van der Waals surface area contributed by atoms with Gasteiger partial charge in [-0.3, -0.25) is 4.79 Å². The summed E-state index contributed by atoms with van der Waals surface area (Å²) in [5, 5.41) is 32.0. The van der Waals surface area contributed by atoms with Crippen LogP contribution in [0.1, 0.15) is 9.67 Å². The van der Waals surface area contributed by atoms with E-state index in [2.05, 4.69) is 5.32 Å². The van der Waals surface area contributed by atoms with Crippen LogP contribution in [0.25, 0.3) is 0 Å². The quantitative estimate of drug-likeness (QED) is 0.596. The minimum atomic E-state index is -1.44. The van der Waals surface area contributed by atoms with Crippen molar-refractivity contribution < 1.29 is 29.6 Å². The third-order valence-electron chi connectivity index (χ3n) is 2.47. The van der Waals surface area contributed by atoms with E-state index in [1.807, 2.05) is 0 Å². The number of thiophene rings is 1. The zero-order valence-corrected chi connectivity index (χ0v) is 10.3. The van der Waals surface area contributed by atoms with E-state index >= 15 is 0 Å². The Labute approximate surface area is 111 Å². The second-order valence-electron chi connectivity index (χ2n) is 3.81. The van der Waals surface area contributed by atoms with Gasteiger partial charge < -0.3 is 25.4 Å². The number of aliphatic carboxylic acids is 1. The van der Waals surface area contributed by atoms with Crippen LogP contribution < -0.4 is 5.32 Å². The van der Waals surface area contributed by atoms with E-state index in [1.165, 1.54) is 11.3 Å². The molecular weight excluding hydrogens is 274 g/mol. The SMILES string of the molecule is O=C(O)C1=C[C@H](O)[C@@H](O)[C@@H](NC(=O)c2cccs2)O1. The van der Waals surface area contributed by atoms with Crippen LogP contribution in [0.15, 0.2) is 29.3 Å². The molecule has 0 saturated carbocycles. The fourth-order valence-corrected chi connectivity index (χ4v) is 2.15. The number of hydrogen-bond donors (Lipinski definition) is 4. The van der Waals surface area contributed by atoms with Crippen LogP contribution in [0.5, 0.6) is 0 Å². The normalized spacial score (nSPS) is 26.2. The molecule has 0 fully saturated rings. The van der Waals surface area contributed by atoms with Crippen molar-refractivity contribution in [2.24, 2.45) is 0 Å². The first kappa shape index (κ1) is 13.5. The molecule has 1 aliphatic heterocycles. The number of aliphatic hydroxyl groups is 2. The Morgan fingerprint density at radius 3 is 2.68 bits per heavy atom. The first-order chi connectivity index (χ1) is 8.99. The van der Waals surface area contributed by atoms with Crippen molar-refractivity contribution in [3.05, 3.63) is 34.2 Å². The summed E-state index contributed by atoms with van der Waals surface area (Å²) in [6, 6.07) is 3.24. The molecule has 0 spiro atoms. The number of rotatable bonds is 3. The van der Waals surface area contributed by atoms with Crippen molar-refractivity contribution in [1.82, 2.24) is 5.32 Å². The van der Waals surface area contributed by atoms with Gasteiger partial charge in [0.2, 0.25) is 12.0 Å². The molecule has 8 heteroatoms. The number of hydrogen-bond acceptors (Lipinski definition) is 6. The third-order valence-corrected chi connectivity index (χ3v) is 3.33. The van der Waals surface area contributed by atoms with Crippen LogP contribution in [0.2, 0.25) is 0 Å². The summed E-state index contributed by atoms with van der Waals surface area (Å²) in [7, 11) is 0. The lowest BCUT2D eigenvalue weighted by atomic mass is 10.1. The van der Waals surface area contributed by atoms with E-state index in [9.17, 15) is 19.8 Å². The number of ether oxygens (including phenoxy) is 1. The Balaban J connectivity index is 2.10. The summed E-state index contributed by atoms with van der Waals surface area (Å²) >= 11 is 1.19. The number of amides is 1. The number of carbonyl (C=O) groups is 2. The summed E-state index contributed by atoms with van der Waals surface area (Å²) in [5.41, 5.74) is 0. The molecule has 0 bridgehead atoms. The molecule has 4 N–H and O–H groups in total. The van der Waals surface area contributed by atoms with E-state index in [-0.39, 0.29) is 0 Å². The van der Waals surface area contributed by atoms with Gasteiger partial charge in [-0.25, -0.2) is 4.79 Å². The van der Waals surface area contributed by atoms with Crippen LogP contribution in [0.3, 0.4) is 0 Å². The van der Waals surface area contributed by atoms with Gasteiger partial charge in [-0.05, 0) is 17.5 Å². The monoisotopic (exact) mass is 285 g/mol. The number of nitrogens with one attached hydrogen (secondary N) is 1. The van der Waals surface area contributed by atoms with E-state index in [0.717, 1.165) is 6.08 Å². The zero-order chi connectivity index (χ0) is 14.0. The molecule has 1 aromatic heterocycles. The Hall–Kier alpha value is -1.90. The highest BCUT2D eigenvalue weighted by molar-refractivity contribution is 7.12. The van der Waals surface area contributed by atoms with Crippen LogP contribution in [-0.4, -0.2) is 45.6 Å².